The molecule has 1 aromatic rings. The van der Waals surface area contributed by atoms with Crippen molar-refractivity contribution in [3.05, 3.63) is 42.0 Å². The summed E-state index contributed by atoms with van der Waals surface area (Å²) in [6.07, 6.45) is 20.2. The smallest absolute Gasteiger partial charge is 0.123 e. The molecule has 1 aromatic carbocycles. The van der Waals surface area contributed by atoms with Crippen LogP contribution in [-0.2, 0) is 0 Å². The molecule has 0 aliphatic heterocycles. The molecule has 0 spiro atoms. The average Bonchev–Trinajstić information content (AvgIpc) is 2.82. The largest absolute Gasteiger partial charge is 0.493 e. The minimum absolute atomic E-state index is 0.343. The topological polar surface area (TPSA) is 9.23 Å². The van der Waals surface area contributed by atoms with Crippen molar-refractivity contribution < 1.29 is 4.74 Å². The van der Waals surface area contributed by atoms with E-state index in [1.165, 1.54) is 88.2 Å². The number of hydrogen-bond acceptors (Lipinski definition) is 1. The van der Waals surface area contributed by atoms with Crippen LogP contribution in [0.5, 0.6) is 5.75 Å². The Labute approximate surface area is 193 Å². The Balaban J connectivity index is 1.56. The summed E-state index contributed by atoms with van der Waals surface area (Å²) in [6, 6.07) is 7.05. The first-order valence-electron chi connectivity index (χ1n) is 13.5. The summed E-state index contributed by atoms with van der Waals surface area (Å²) < 4.78 is 6.18. The summed E-state index contributed by atoms with van der Waals surface area (Å²) in [5, 5.41) is 0. The molecule has 0 radical (unpaired) electrons. The van der Waals surface area contributed by atoms with Gasteiger partial charge in [-0.3, -0.25) is 0 Å². The zero-order chi connectivity index (χ0) is 22.1. The van der Waals surface area contributed by atoms with Gasteiger partial charge < -0.3 is 4.74 Å². The summed E-state index contributed by atoms with van der Waals surface area (Å²) in [5.74, 6) is 5.19. The van der Waals surface area contributed by atoms with Crippen LogP contribution in [0.15, 0.2) is 30.9 Å². The molecular weight excluding hydrogens is 376 g/mol. The fourth-order valence-electron chi connectivity index (χ4n) is 6.25. The number of unbranched alkanes of at least 4 members (excludes halogenated alkanes) is 2. The van der Waals surface area contributed by atoms with Crippen LogP contribution < -0.4 is 4.74 Å². The fraction of sp³-hybridized carbons (Fsp3) is 0.733. The molecule has 2 saturated carbocycles. The van der Waals surface area contributed by atoms with Crippen LogP contribution in [0.1, 0.15) is 127 Å². The van der Waals surface area contributed by atoms with E-state index in [4.69, 9.17) is 4.74 Å². The number of hydrogen-bond donors (Lipinski definition) is 0. The number of allylic oxidation sites excluding steroid dienone is 1. The SMILES string of the molecule is C=CC(C)c1cc(C2CCC(C3CCC(CCC)CC3)CC2)ccc1OCCCCC. The highest BCUT2D eigenvalue weighted by molar-refractivity contribution is 5.42. The van der Waals surface area contributed by atoms with E-state index in [0.29, 0.717) is 5.92 Å². The van der Waals surface area contributed by atoms with Gasteiger partial charge in [-0.15, -0.1) is 6.58 Å². The van der Waals surface area contributed by atoms with E-state index in [1.807, 2.05) is 0 Å². The Kier molecular flexibility index (Phi) is 10.0. The molecule has 2 aliphatic rings. The molecule has 1 nitrogen and oxygen atoms in total. The van der Waals surface area contributed by atoms with E-state index in [-0.39, 0.29) is 0 Å². The van der Waals surface area contributed by atoms with E-state index in [9.17, 15) is 0 Å². The van der Waals surface area contributed by atoms with Gasteiger partial charge in [0.05, 0.1) is 6.61 Å². The molecule has 0 N–H and O–H groups in total. The molecule has 2 aliphatic carbocycles. The summed E-state index contributed by atoms with van der Waals surface area (Å²) in [4.78, 5) is 0. The zero-order valence-electron chi connectivity index (χ0n) is 20.7. The van der Waals surface area contributed by atoms with Crippen molar-refractivity contribution in [3.63, 3.8) is 0 Å². The van der Waals surface area contributed by atoms with Crippen molar-refractivity contribution in [1.82, 2.24) is 0 Å². The van der Waals surface area contributed by atoms with Gasteiger partial charge in [-0.1, -0.05) is 77.5 Å². The lowest BCUT2D eigenvalue weighted by Gasteiger charge is -2.38. The molecule has 0 heterocycles. The lowest BCUT2D eigenvalue weighted by molar-refractivity contribution is 0.156. The lowest BCUT2D eigenvalue weighted by atomic mass is 9.68. The fourth-order valence-corrected chi connectivity index (χ4v) is 6.25. The Hall–Kier alpha value is -1.24. The predicted octanol–water partition coefficient (Wildman–Crippen LogP) is 9.43. The van der Waals surface area contributed by atoms with Gasteiger partial charge in [-0.05, 0) is 80.2 Å². The number of ether oxygens (including phenoxy) is 1. The minimum Gasteiger partial charge on any atom is -0.493 e. The monoisotopic (exact) mass is 424 g/mol. The lowest BCUT2D eigenvalue weighted by Crippen LogP contribution is -2.25. The second kappa shape index (κ2) is 12.7. The quantitative estimate of drug-likeness (QED) is 0.254. The van der Waals surface area contributed by atoms with Crippen LogP contribution >= 0.6 is 0 Å². The average molecular weight is 425 g/mol. The zero-order valence-corrected chi connectivity index (χ0v) is 20.7. The highest BCUT2D eigenvalue weighted by Gasteiger charge is 2.31. The molecule has 1 unspecified atom stereocenters. The standard InChI is InChI=1S/C30H48O/c1-5-8-9-21-31-30-20-19-28(22-29(30)23(4)7-3)27-17-15-26(16-18-27)25-13-11-24(10-6-2)12-14-25/h7,19-20,22-27H,3,5-6,8-18,21H2,1-2,4H3. The highest BCUT2D eigenvalue weighted by Crippen LogP contribution is 2.45. The summed E-state index contributed by atoms with van der Waals surface area (Å²) in [6.45, 7) is 11.7. The number of benzene rings is 1. The van der Waals surface area contributed by atoms with Crippen LogP contribution in [0.4, 0.5) is 0 Å². The Morgan fingerprint density at radius 1 is 0.935 bits per heavy atom. The normalized spacial score (nSPS) is 27.6. The third-order valence-corrected chi connectivity index (χ3v) is 8.38. The second-order valence-corrected chi connectivity index (χ2v) is 10.6. The van der Waals surface area contributed by atoms with Crippen molar-refractivity contribution in [1.29, 1.82) is 0 Å². The van der Waals surface area contributed by atoms with Gasteiger partial charge in [-0.2, -0.15) is 0 Å². The van der Waals surface area contributed by atoms with Gasteiger partial charge in [-0.25, -0.2) is 0 Å². The molecular formula is C30H48O. The Morgan fingerprint density at radius 3 is 2.23 bits per heavy atom. The van der Waals surface area contributed by atoms with Gasteiger partial charge in [0.25, 0.3) is 0 Å². The van der Waals surface area contributed by atoms with Crippen molar-refractivity contribution in [3.8, 4) is 5.75 Å². The van der Waals surface area contributed by atoms with E-state index in [1.54, 1.807) is 0 Å². The highest BCUT2D eigenvalue weighted by atomic mass is 16.5. The van der Waals surface area contributed by atoms with Crippen LogP contribution in [0.3, 0.4) is 0 Å². The number of rotatable bonds is 11. The van der Waals surface area contributed by atoms with Gasteiger partial charge in [0, 0.05) is 11.5 Å². The Morgan fingerprint density at radius 2 is 1.61 bits per heavy atom. The minimum atomic E-state index is 0.343. The van der Waals surface area contributed by atoms with Crippen LogP contribution in [0.25, 0.3) is 0 Å². The third kappa shape index (κ3) is 6.87. The maximum atomic E-state index is 6.18. The predicted molar refractivity (Wildman–Crippen MR) is 135 cm³/mol. The van der Waals surface area contributed by atoms with Crippen molar-refractivity contribution in [2.75, 3.05) is 6.61 Å². The molecule has 31 heavy (non-hydrogen) atoms. The molecule has 0 saturated heterocycles. The maximum absolute atomic E-state index is 6.18. The summed E-state index contributed by atoms with van der Waals surface area (Å²) >= 11 is 0. The van der Waals surface area contributed by atoms with E-state index in [2.05, 4.69) is 51.6 Å². The molecule has 0 bridgehead atoms. The maximum Gasteiger partial charge on any atom is 0.123 e. The Bertz CT molecular complexity index is 646. The van der Waals surface area contributed by atoms with Crippen LogP contribution in [0, 0.1) is 17.8 Å². The molecule has 174 valence electrons. The molecule has 1 heteroatoms. The van der Waals surface area contributed by atoms with E-state index >= 15 is 0 Å². The first-order valence-corrected chi connectivity index (χ1v) is 13.5. The van der Waals surface area contributed by atoms with Crippen LogP contribution in [-0.4, -0.2) is 6.61 Å². The second-order valence-electron chi connectivity index (χ2n) is 10.6. The van der Waals surface area contributed by atoms with E-state index < -0.39 is 0 Å². The van der Waals surface area contributed by atoms with Crippen molar-refractivity contribution in [2.24, 2.45) is 17.8 Å². The molecule has 1 atom stereocenters. The molecule has 3 rings (SSSR count). The third-order valence-electron chi connectivity index (χ3n) is 8.38. The van der Waals surface area contributed by atoms with Crippen molar-refractivity contribution >= 4 is 0 Å². The van der Waals surface area contributed by atoms with Gasteiger partial charge in [0.15, 0.2) is 0 Å². The molecule has 2 fully saturated rings. The van der Waals surface area contributed by atoms with Crippen LogP contribution in [0.2, 0.25) is 0 Å². The summed E-state index contributed by atoms with van der Waals surface area (Å²) in [7, 11) is 0. The van der Waals surface area contributed by atoms with Gasteiger partial charge >= 0.3 is 0 Å². The van der Waals surface area contributed by atoms with Gasteiger partial charge in [0.2, 0.25) is 0 Å². The molecule has 0 aromatic heterocycles. The molecule has 0 amide bonds. The van der Waals surface area contributed by atoms with Crippen molar-refractivity contribution in [2.45, 2.75) is 116 Å². The first kappa shape index (κ1) is 24.4. The van der Waals surface area contributed by atoms with E-state index in [0.717, 1.165) is 42.4 Å². The summed E-state index contributed by atoms with van der Waals surface area (Å²) in [5.41, 5.74) is 2.87. The van der Waals surface area contributed by atoms with Gasteiger partial charge in [0.1, 0.15) is 5.75 Å². The first-order chi connectivity index (χ1) is 15.2.